The molecule has 1 saturated heterocycles. The molecular weight excluding hydrogens is 334 g/mol. The number of aromatic nitrogens is 1. The van der Waals surface area contributed by atoms with E-state index in [1.54, 1.807) is 0 Å². The van der Waals surface area contributed by atoms with Crippen molar-refractivity contribution >= 4 is 5.91 Å². The molecule has 138 valence electrons. The summed E-state index contributed by atoms with van der Waals surface area (Å²) in [5, 5.41) is 4.07. The molecule has 1 aromatic carbocycles. The SMILES string of the molecule is CCN1CCN(C(=O)Cc2cc(-c3ccc4c(c3)OCCO4)on2)CC1. The molecule has 7 nitrogen and oxygen atoms in total. The molecule has 0 saturated carbocycles. The highest BCUT2D eigenvalue weighted by Gasteiger charge is 2.22. The molecule has 7 heteroatoms. The number of likely N-dealkylation sites (N-methyl/N-ethyl adjacent to an activating group) is 1. The van der Waals surface area contributed by atoms with Crippen LogP contribution < -0.4 is 9.47 Å². The van der Waals surface area contributed by atoms with Gasteiger partial charge in [0.1, 0.15) is 13.2 Å². The number of piperazine rings is 1. The Hall–Kier alpha value is -2.54. The largest absolute Gasteiger partial charge is 0.486 e. The minimum absolute atomic E-state index is 0.0998. The maximum absolute atomic E-state index is 12.5. The van der Waals surface area contributed by atoms with Crippen LogP contribution in [0.2, 0.25) is 0 Å². The molecule has 2 aliphatic rings. The van der Waals surface area contributed by atoms with E-state index in [1.165, 1.54) is 0 Å². The Bertz CT molecular complexity index is 781. The molecule has 1 fully saturated rings. The number of carbonyl (C=O) groups excluding carboxylic acids is 1. The van der Waals surface area contributed by atoms with E-state index < -0.39 is 0 Å². The lowest BCUT2D eigenvalue weighted by atomic mass is 10.1. The van der Waals surface area contributed by atoms with E-state index in [0.29, 0.717) is 30.4 Å². The van der Waals surface area contributed by atoms with Gasteiger partial charge in [-0.05, 0) is 24.7 Å². The summed E-state index contributed by atoms with van der Waals surface area (Å²) >= 11 is 0. The normalized spacial score (nSPS) is 17.3. The second kappa shape index (κ2) is 7.37. The topological polar surface area (TPSA) is 68.0 Å². The lowest BCUT2D eigenvalue weighted by Crippen LogP contribution is -2.48. The van der Waals surface area contributed by atoms with Gasteiger partial charge in [0.25, 0.3) is 0 Å². The van der Waals surface area contributed by atoms with Gasteiger partial charge in [0.15, 0.2) is 17.3 Å². The Morgan fingerprint density at radius 1 is 1.08 bits per heavy atom. The molecule has 0 bridgehead atoms. The van der Waals surface area contributed by atoms with Crippen LogP contribution in [0.4, 0.5) is 0 Å². The van der Waals surface area contributed by atoms with Crippen LogP contribution in [-0.2, 0) is 11.2 Å². The first kappa shape index (κ1) is 16.9. The lowest BCUT2D eigenvalue weighted by molar-refractivity contribution is -0.132. The van der Waals surface area contributed by atoms with Gasteiger partial charge in [0, 0.05) is 37.8 Å². The van der Waals surface area contributed by atoms with E-state index in [-0.39, 0.29) is 12.3 Å². The van der Waals surface area contributed by atoms with E-state index in [2.05, 4.69) is 17.0 Å². The predicted octanol–water partition coefficient (Wildman–Crippen LogP) is 1.82. The third kappa shape index (κ3) is 3.53. The number of rotatable bonds is 4. The number of hydrogen-bond acceptors (Lipinski definition) is 6. The Kier molecular flexibility index (Phi) is 4.79. The minimum Gasteiger partial charge on any atom is -0.486 e. The van der Waals surface area contributed by atoms with Crippen molar-refractivity contribution in [2.24, 2.45) is 0 Å². The van der Waals surface area contributed by atoms with Gasteiger partial charge in [0.2, 0.25) is 5.91 Å². The van der Waals surface area contributed by atoms with Crippen molar-refractivity contribution in [2.45, 2.75) is 13.3 Å². The fraction of sp³-hybridized carbons (Fsp3) is 0.474. The first-order chi connectivity index (χ1) is 12.7. The van der Waals surface area contributed by atoms with Crippen LogP contribution in [0.15, 0.2) is 28.8 Å². The van der Waals surface area contributed by atoms with E-state index in [0.717, 1.165) is 44.0 Å². The molecule has 4 rings (SSSR count). The van der Waals surface area contributed by atoms with Gasteiger partial charge >= 0.3 is 0 Å². The molecule has 1 aromatic heterocycles. The molecule has 0 atom stereocenters. The number of carbonyl (C=O) groups is 1. The number of ether oxygens (including phenoxy) is 2. The van der Waals surface area contributed by atoms with Crippen LogP contribution in [0, 0.1) is 0 Å². The van der Waals surface area contributed by atoms with Crippen molar-refractivity contribution in [3.05, 3.63) is 30.0 Å². The smallest absolute Gasteiger partial charge is 0.228 e. The first-order valence-electron chi connectivity index (χ1n) is 9.08. The van der Waals surface area contributed by atoms with Gasteiger partial charge in [-0.25, -0.2) is 0 Å². The van der Waals surface area contributed by atoms with Crippen molar-refractivity contribution in [3.8, 4) is 22.8 Å². The molecule has 0 spiro atoms. The number of amides is 1. The highest BCUT2D eigenvalue weighted by atomic mass is 16.6. The third-order valence-electron chi connectivity index (χ3n) is 4.89. The summed E-state index contributed by atoms with van der Waals surface area (Å²) in [5.41, 5.74) is 1.51. The van der Waals surface area contributed by atoms with E-state index in [1.807, 2.05) is 29.2 Å². The Morgan fingerprint density at radius 2 is 1.85 bits per heavy atom. The monoisotopic (exact) mass is 357 g/mol. The van der Waals surface area contributed by atoms with Gasteiger partial charge in [0.05, 0.1) is 12.1 Å². The van der Waals surface area contributed by atoms with E-state index in [4.69, 9.17) is 14.0 Å². The fourth-order valence-electron chi connectivity index (χ4n) is 3.31. The molecular formula is C19H23N3O4. The van der Waals surface area contributed by atoms with Crippen LogP contribution in [-0.4, -0.2) is 66.8 Å². The van der Waals surface area contributed by atoms with Crippen LogP contribution in [0.5, 0.6) is 11.5 Å². The summed E-state index contributed by atoms with van der Waals surface area (Å²) < 4.78 is 16.6. The maximum atomic E-state index is 12.5. The van der Waals surface area contributed by atoms with Crippen LogP contribution >= 0.6 is 0 Å². The zero-order valence-electron chi connectivity index (χ0n) is 14.9. The average molecular weight is 357 g/mol. The van der Waals surface area contributed by atoms with Gasteiger partial charge in [-0.3, -0.25) is 4.79 Å². The standard InChI is InChI=1S/C19H23N3O4/c1-2-21-5-7-22(8-6-21)19(23)13-15-12-17(26-20-15)14-3-4-16-18(11-14)25-10-9-24-16/h3-4,11-12H,2,5-10,13H2,1H3. The number of nitrogens with zero attached hydrogens (tertiary/aromatic N) is 3. The van der Waals surface area contributed by atoms with Gasteiger partial charge in [-0.1, -0.05) is 12.1 Å². The molecule has 26 heavy (non-hydrogen) atoms. The van der Waals surface area contributed by atoms with E-state index in [9.17, 15) is 4.79 Å². The predicted molar refractivity (Wildman–Crippen MR) is 95.3 cm³/mol. The molecule has 0 unspecified atom stereocenters. The van der Waals surface area contributed by atoms with Crippen molar-refractivity contribution in [1.82, 2.24) is 15.0 Å². The highest BCUT2D eigenvalue weighted by molar-refractivity contribution is 5.79. The van der Waals surface area contributed by atoms with Crippen molar-refractivity contribution < 1.29 is 18.8 Å². The lowest BCUT2D eigenvalue weighted by Gasteiger charge is -2.33. The van der Waals surface area contributed by atoms with Crippen LogP contribution in [0.1, 0.15) is 12.6 Å². The maximum Gasteiger partial charge on any atom is 0.228 e. The molecule has 1 amide bonds. The third-order valence-corrected chi connectivity index (χ3v) is 4.89. The summed E-state index contributed by atoms with van der Waals surface area (Å²) in [6.07, 6.45) is 0.264. The molecule has 0 aliphatic carbocycles. The summed E-state index contributed by atoms with van der Waals surface area (Å²) in [6, 6.07) is 7.48. The van der Waals surface area contributed by atoms with Gasteiger partial charge in [-0.2, -0.15) is 0 Å². The highest BCUT2D eigenvalue weighted by Crippen LogP contribution is 2.34. The first-order valence-corrected chi connectivity index (χ1v) is 9.08. The Labute approximate surface area is 152 Å². The minimum atomic E-state index is 0.0998. The molecule has 2 aliphatic heterocycles. The van der Waals surface area contributed by atoms with Crippen molar-refractivity contribution in [3.63, 3.8) is 0 Å². The van der Waals surface area contributed by atoms with Crippen LogP contribution in [0.25, 0.3) is 11.3 Å². The second-order valence-corrected chi connectivity index (χ2v) is 6.53. The van der Waals surface area contributed by atoms with Crippen molar-refractivity contribution in [1.29, 1.82) is 0 Å². The second-order valence-electron chi connectivity index (χ2n) is 6.53. The zero-order chi connectivity index (χ0) is 17.9. The Balaban J connectivity index is 1.41. The summed E-state index contributed by atoms with van der Waals surface area (Å²) in [7, 11) is 0. The summed E-state index contributed by atoms with van der Waals surface area (Å²) in [5.74, 6) is 2.17. The zero-order valence-corrected chi connectivity index (χ0v) is 14.9. The van der Waals surface area contributed by atoms with Crippen LogP contribution in [0.3, 0.4) is 0 Å². The van der Waals surface area contributed by atoms with Gasteiger partial charge < -0.3 is 23.8 Å². The average Bonchev–Trinajstić information content (AvgIpc) is 3.16. The molecule has 2 aromatic rings. The van der Waals surface area contributed by atoms with Crippen molar-refractivity contribution in [2.75, 3.05) is 45.9 Å². The van der Waals surface area contributed by atoms with E-state index >= 15 is 0 Å². The number of fused-ring (bicyclic) bond motifs is 1. The summed E-state index contributed by atoms with van der Waals surface area (Å²) in [6.45, 7) is 7.70. The number of benzene rings is 1. The quantitative estimate of drug-likeness (QED) is 0.831. The fourth-order valence-corrected chi connectivity index (χ4v) is 3.31. The molecule has 0 radical (unpaired) electrons. The number of hydrogen-bond donors (Lipinski definition) is 0. The summed E-state index contributed by atoms with van der Waals surface area (Å²) in [4.78, 5) is 16.7. The molecule has 3 heterocycles. The Morgan fingerprint density at radius 3 is 2.62 bits per heavy atom. The molecule has 0 N–H and O–H groups in total. The van der Waals surface area contributed by atoms with Gasteiger partial charge in [-0.15, -0.1) is 0 Å².